The van der Waals surface area contributed by atoms with Crippen LogP contribution in [0.2, 0.25) is 0 Å². The number of hydrogen-bond acceptors (Lipinski definition) is 6. The quantitative estimate of drug-likeness (QED) is 0.694. The highest BCUT2D eigenvalue weighted by molar-refractivity contribution is 5.60. The molecule has 1 aromatic carbocycles. The van der Waals surface area contributed by atoms with Gasteiger partial charge in [0.15, 0.2) is 0 Å². The second-order valence-corrected chi connectivity index (χ2v) is 7.18. The Morgan fingerprint density at radius 1 is 1.41 bits per heavy atom. The van der Waals surface area contributed by atoms with Gasteiger partial charge in [-0.05, 0) is 25.8 Å². The van der Waals surface area contributed by atoms with E-state index in [1.54, 1.807) is 12.5 Å². The van der Waals surface area contributed by atoms with E-state index in [1.165, 1.54) is 0 Å². The zero-order chi connectivity index (χ0) is 20.0. The zero-order valence-corrected chi connectivity index (χ0v) is 15.9. The summed E-state index contributed by atoms with van der Waals surface area (Å²) in [4.78, 5) is 4.11. The summed E-state index contributed by atoms with van der Waals surface area (Å²) in [6, 6.07) is 8.17. The van der Waals surface area contributed by atoms with E-state index >= 15 is 0 Å². The summed E-state index contributed by atoms with van der Waals surface area (Å²) >= 11 is 0. The highest BCUT2D eigenvalue weighted by atomic mass is 16.5. The first-order valence-electron chi connectivity index (χ1n) is 9.62. The van der Waals surface area contributed by atoms with Crippen molar-refractivity contribution in [3.8, 4) is 23.4 Å². The minimum atomic E-state index is -0.392. The van der Waals surface area contributed by atoms with Crippen LogP contribution >= 0.6 is 0 Å². The first-order valence-corrected chi connectivity index (χ1v) is 9.62. The molecule has 8 heteroatoms. The van der Waals surface area contributed by atoms with Crippen LogP contribution in [0.15, 0.2) is 48.4 Å². The number of fused-ring (bicyclic) bond motifs is 1. The van der Waals surface area contributed by atoms with Crippen LogP contribution < -0.4 is 15.2 Å². The fraction of sp³-hybridized carbons (Fsp3) is 0.286. The second kappa shape index (κ2) is 6.71. The number of nitrogens with two attached hydrogens (primary N) is 1. The van der Waals surface area contributed by atoms with Gasteiger partial charge >= 0.3 is 0 Å². The normalized spacial score (nSPS) is 18.1. The van der Waals surface area contributed by atoms with Crippen molar-refractivity contribution in [3.63, 3.8) is 0 Å². The van der Waals surface area contributed by atoms with Crippen LogP contribution in [-0.2, 0) is 0 Å². The maximum absolute atomic E-state index is 9.88. The lowest BCUT2D eigenvalue weighted by atomic mass is 9.82. The molecule has 0 amide bonds. The van der Waals surface area contributed by atoms with E-state index in [2.05, 4.69) is 21.3 Å². The molecule has 5 rings (SSSR count). The number of nitrogens with zero attached hydrogens (tertiary/aromatic N) is 4. The van der Waals surface area contributed by atoms with Gasteiger partial charge in [-0.1, -0.05) is 6.07 Å². The average molecular weight is 388 g/mol. The number of aromatic amines is 1. The molecule has 29 heavy (non-hydrogen) atoms. The summed E-state index contributed by atoms with van der Waals surface area (Å²) in [5, 5.41) is 17.3. The van der Waals surface area contributed by atoms with Gasteiger partial charge in [0.2, 0.25) is 11.8 Å². The molecule has 1 aliphatic carbocycles. The molecular weight excluding hydrogens is 368 g/mol. The van der Waals surface area contributed by atoms with Gasteiger partial charge in [-0.3, -0.25) is 5.10 Å². The van der Waals surface area contributed by atoms with Gasteiger partial charge < -0.3 is 19.8 Å². The molecule has 2 aliphatic rings. The van der Waals surface area contributed by atoms with Gasteiger partial charge in [0, 0.05) is 35.6 Å². The smallest absolute Gasteiger partial charge is 0.244 e. The summed E-state index contributed by atoms with van der Waals surface area (Å²) in [5.41, 5.74) is 10.2. The summed E-state index contributed by atoms with van der Waals surface area (Å²) < 4.78 is 13.6. The summed E-state index contributed by atoms with van der Waals surface area (Å²) in [6.07, 6.45) is 7.53. The molecule has 1 saturated carbocycles. The predicted octanol–water partition coefficient (Wildman–Crippen LogP) is 3.09. The lowest BCUT2D eigenvalue weighted by Gasteiger charge is -2.26. The van der Waals surface area contributed by atoms with E-state index in [1.807, 2.05) is 35.9 Å². The first kappa shape index (κ1) is 17.4. The second-order valence-electron chi connectivity index (χ2n) is 7.18. The lowest BCUT2D eigenvalue weighted by Crippen LogP contribution is -2.21. The highest BCUT2D eigenvalue weighted by Crippen LogP contribution is 2.51. The fourth-order valence-electron chi connectivity index (χ4n) is 3.88. The van der Waals surface area contributed by atoms with Gasteiger partial charge in [-0.2, -0.15) is 5.26 Å². The van der Waals surface area contributed by atoms with E-state index in [4.69, 9.17) is 15.2 Å². The minimum Gasteiger partial charge on any atom is -0.493 e. The molecule has 8 nitrogen and oxygen atoms in total. The topological polar surface area (TPSA) is 115 Å². The van der Waals surface area contributed by atoms with Crippen molar-refractivity contribution in [3.05, 3.63) is 65.2 Å². The van der Waals surface area contributed by atoms with Crippen LogP contribution in [0.5, 0.6) is 11.6 Å². The predicted molar refractivity (Wildman–Crippen MR) is 105 cm³/mol. The van der Waals surface area contributed by atoms with Crippen LogP contribution in [0, 0.1) is 11.3 Å². The molecule has 0 spiro atoms. The fourth-order valence-corrected chi connectivity index (χ4v) is 3.88. The number of benzene rings is 1. The molecule has 3 N–H and O–H groups in total. The monoisotopic (exact) mass is 388 g/mol. The maximum atomic E-state index is 9.88. The SMILES string of the molecule is CCOc1cc(-n2ccnc2)ccc1C1C(C#N)=C(N)Oc2n[nH]c(C3CC3)c21. The molecule has 3 aromatic rings. The average Bonchev–Trinajstić information content (AvgIpc) is 3.25. The Bertz CT molecular complexity index is 1130. The number of ether oxygens (including phenoxy) is 2. The minimum absolute atomic E-state index is 0.0833. The Balaban J connectivity index is 1.69. The van der Waals surface area contributed by atoms with Crippen LogP contribution in [0.1, 0.15) is 48.4 Å². The Morgan fingerprint density at radius 2 is 2.28 bits per heavy atom. The van der Waals surface area contributed by atoms with Gasteiger partial charge in [-0.15, -0.1) is 5.10 Å². The number of nitriles is 1. The van der Waals surface area contributed by atoms with Crippen molar-refractivity contribution in [2.45, 2.75) is 31.6 Å². The third-order valence-electron chi connectivity index (χ3n) is 5.36. The van der Waals surface area contributed by atoms with Gasteiger partial charge in [0.25, 0.3) is 0 Å². The van der Waals surface area contributed by atoms with Crippen molar-refractivity contribution in [1.82, 2.24) is 19.7 Å². The molecule has 3 heterocycles. The van der Waals surface area contributed by atoms with Crippen molar-refractivity contribution < 1.29 is 9.47 Å². The number of nitrogens with one attached hydrogen (secondary N) is 1. The zero-order valence-electron chi connectivity index (χ0n) is 15.9. The molecule has 2 aromatic heterocycles. The number of hydrogen-bond donors (Lipinski definition) is 2. The molecule has 146 valence electrons. The summed E-state index contributed by atoms with van der Waals surface area (Å²) in [6.45, 7) is 2.43. The van der Waals surface area contributed by atoms with Gasteiger partial charge in [-0.25, -0.2) is 4.98 Å². The molecule has 0 bridgehead atoms. The Kier molecular flexibility index (Phi) is 4.02. The third kappa shape index (κ3) is 2.83. The Hall–Kier alpha value is -3.73. The van der Waals surface area contributed by atoms with Gasteiger partial charge in [0.05, 0.1) is 30.1 Å². The van der Waals surface area contributed by atoms with Crippen molar-refractivity contribution in [1.29, 1.82) is 5.26 Å². The highest BCUT2D eigenvalue weighted by Gasteiger charge is 2.40. The number of H-pyrrole nitrogens is 1. The lowest BCUT2D eigenvalue weighted by molar-refractivity contribution is 0.334. The van der Waals surface area contributed by atoms with Crippen molar-refractivity contribution in [2.24, 2.45) is 5.73 Å². The third-order valence-corrected chi connectivity index (χ3v) is 5.36. The Labute approximate surface area is 167 Å². The molecule has 0 saturated heterocycles. The van der Waals surface area contributed by atoms with E-state index in [0.29, 0.717) is 29.7 Å². The van der Waals surface area contributed by atoms with Crippen LogP contribution in [-0.4, -0.2) is 26.4 Å². The molecule has 1 atom stereocenters. The van der Waals surface area contributed by atoms with Gasteiger partial charge in [0.1, 0.15) is 17.4 Å². The van der Waals surface area contributed by atoms with Crippen LogP contribution in [0.25, 0.3) is 5.69 Å². The maximum Gasteiger partial charge on any atom is 0.244 e. The standard InChI is InChI=1S/C21H20N6O2/c1-2-28-16-9-13(27-8-7-24-11-27)5-6-14(16)17-15(10-22)20(23)29-21-18(17)19(25-26-21)12-3-4-12/h5-9,11-12,17H,2-4,23H2,1H3,(H,25,26). The molecule has 0 radical (unpaired) electrons. The molecule has 1 fully saturated rings. The molecular formula is C21H20N6O2. The van der Waals surface area contributed by atoms with Crippen LogP contribution in [0.4, 0.5) is 0 Å². The number of allylic oxidation sites excluding steroid dienone is 1. The summed E-state index contributed by atoms with van der Waals surface area (Å²) in [7, 11) is 0. The number of aromatic nitrogens is 4. The van der Waals surface area contributed by atoms with E-state index < -0.39 is 5.92 Å². The molecule has 1 unspecified atom stereocenters. The molecule has 1 aliphatic heterocycles. The van der Waals surface area contributed by atoms with Crippen molar-refractivity contribution >= 4 is 0 Å². The Morgan fingerprint density at radius 3 is 2.97 bits per heavy atom. The van der Waals surface area contributed by atoms with E-state index in [0.717, 1.165) is 35.3 Å². The summed E-state index contributed by atoms with van der Waals surface area (Å²) in [5.74, 6) is 1.24. The first-order chi connectivity index (χ1) is 14.2. The van der Waals surface area contributed by atoms with Crippen molar-refractivity contribution in [2.75, 3.05) is 6.61 Å². The van der Waals surface area contributed by atoms with Crippen LogP contribution in [0.3, 0.4) is 0 Å². The van der Waals surface area contributed by atoms with E-state index in [-0.39, 0.29) is 5.88 Å². The van der Waals surface area contributed by atoms with E-state index in [9.17, 15) is 5.26 Å². The number of imidazole rings is 1. The largest absolute Gasteiger partial charge is 0.493 e. The number of rotatable bonds is 5.